The number of nitrogens with one attached hydrogen (secondary N) is 1. The lowest BCUT2D eigenvalue weighted by atomic mass is 9.83. The van der Waals surface area contributed by atoms with E-state index in [1.807, 2.05) is 6.92 Å². The molecule has 0 aromatic heterocycles. The van der Waals surface area contributed by atoms with E-state index in [1.165, 1.54) is 25.7 Å². The van der Waals surface area contributed by atoms with Crippen LogP contribution in [0.2, 0.25) is 0 Å². The molecule has 90 valence electrons. The van der Waals surface area contributed by atoms with Crippen molar-refractivity contribution in [2.75, 3.05) is 6.61 Å². The molecule has 0 spiro atoms. The van der Waals surface area contributed by atoms with E-state index in [4.69, 9.17) is 15.9 Å². The van der Waals surface area contributed by atoms with Crippen LogP contribution in [0.3, 0.4) is 0 Å². The molecule has 2 rings (SSSR count). The molecule has 2 aliphatic carbocycles. The highest BCUT2D eigenvalue weighted by molar-refractivity contribution is 5.98. The smallest absolute Gasteiger partial charge is 0.230 e. The summed E-state index contributed by atoms with van der Waals surface area (Å²) in [6.45, 7) is 2.26. The van der Waals surface area contributed by atoms with Crippen molar-refractivity contribution in [2.24, 2.45) is 29.4 Å². The number of primary amides is 1. The minimum Gasteiger partial charge on any atom is -0.481 e. The zero-order valence-corrected chi connectivity index (χ0v) is 9.74. The summed E-state index contributed by atoms with van der Waals surface area (Å²) in [4.78, 5) is 11.5. The number of nitrogens with two attached hydrogens (primary N) is 1. The third-order valence-corrected chi connectivity index (χ3v) is 3.61. The zero-order valence-electron chi connectivity index (χ0n) is 9.74. The molecule has 1 unspecified atom stereocenters. The second-order valence-corrected chi connectivity index (χ2v) is 4.93. The van der Waals surface area contributed by atoms with E-state index in [0.717, 1.165) is 0 Å². The summed E-state index contributed by atoms with van der Waals surface area (Å²) in [5, 5.41) is 7.83. The molecule has 0 saturated heterocycles. The van der Waals surface area contributed by atoms with E-state index in [-0.39, 0.29) is 17.7 Å². The molecule has 0 aliphatic heterocycles. The van der Waals surface area contributed by atoms with Gasteiger partial charge in [0.05, 0.1) is 6.61 Å². The minimum absolute atomic E-state index is 0.0822. The highest BCUT2D eigenvalue weighted by atomic mass is 16.5. The summed E-state index contributed by atoms with van der Waals surface area (Å²) in [6.07, 6.45) is 4.74. The number of amides is 1. The Bertz CT molecular complexity index is 283. The molecule has 0 heterocycles. The van der Waals surface area contributed by atoms with Gasteiger partial charge in [0.15, 0.2) is 5.90 Å². The van der Waals surface area contributed by atoms with E-state index < -0.39 is 5.92 Å². The maximum absolute atomic E-state index is 11.5. The molecule has 1 amide bonds. The van der Waals surface area contributed by atoms with E-state index in [1.54, 1.807) is 0 Å². The lowest BCUT2D eigenvalue weighted by molar-refractivity contribution is -0.122. The largest absolute Gasteiger partial charge is 0.481 e. The Hall–Kier alpha value is -1.06. The highest BCUT2D eigenvalue weighted by Crippen LogP contribution is 2.52. The monoisotopic (exact) mass is 224 g/mol. The number of rotatable bonds is 6. The average molecular weight is 224 g/mol. The fraction of sp³-hybridized carbons (Fsp3) is 0.833. The summed E-state index contributed by atoms with van der Waals surface area (Å²) in [5.41, 5.74) is 5.44. The minimum atomic E-state index is -0.486. The molecule has 2 fully saturated rings. The second-order valence-electron chi connectivity index (χ2n) is 4.93. The Morgan fingerprint density at radius 1 is 1.38 bits per heavy atom. The van der Waals surface area contributed by atoms with Crippen molar-refractivity contribution in [2.45, 2.75) is 32.6 Å². The third-order valence-electron chi connectivity index (χ3n) is 3.61. The first-order valence-electron chi connectivity index (χ1n) is 6.15. The van der Waals surface area contributed by atoms with Crippen molar-refractivity contribution in [3.05, 3.63) is 0 Å². The summed E-state index contributed by atoms with van der Waals surface area (Å²) in [7, 11) is 0. The molecule has 0 radical (unpaired) electrons. The van der Waals surface area contributed by atoms with Gasteiger partial charge in [0.2, 0.25) is 5.91 Å². The highest BCUT2D eigenvalue weighted by Gasteiger charge is 2.49. The topological polar surface area (TPSA) is 76.2 Å². The number of hydrogen-bond acceptors (Lipinski definition) is 3. The van der Waals surface area contributed by atoms with Crippen LogP contribution in [-0.4, -0.2) is 18.4 Å². The lowest BCUT2D eigenvalue weighted by Crippen LogP contribution is -2.39. The first-order valence-corrected chi connectivity index (χ1v) is 6.15. The molecule has 4 heteroatoms. The molecular formula is C12H20N2O2. The van der Waals surface area contributed by atoms with Gasteiger partial charge in [-0.1, -0.05) is 0 Å². The van der Waals surface area contributed by atoms with E-state index in [0.29, 0.717) is 18.4 Å². The SMILES string of the molecule is CCOC(=N)C(C(N)=O)C(C1CC1)C1CC1. The van der Waals surface area contributed by atoms with Gasteiger partial charge >= 0.3 is 0 Å². The molecule has 2 saturated carbocycles. The molecule has 4 nitrogen and oxygen atoms in total. The maximum Gasteiger partial charge on any atom is 0.230 e. The van der Waals surface area contributed by atoms with Crippen molar-refractivity contribution < 1.29 is 9.53 Å². The Balaban J connectivity index is 2.09. The summed E-state index contributed by atoms with van der Waals surface area (Å²) < 4.78 is 5.18. The van der Waals surface area contributed by atoms with Gasteiger partial charge in [0.25, 0.3) is 0 Å². The van der Waals surface area contributed by atoms with Crippen LogP contribution in [0.25, 0.3) is 0 Å². The van der Waals surface area contributed by atoms with Gasteiger partial charge in [-0.2, -0.15) is 0 Å². The fourth-order valence-corrected chi connectivity index (χ4v) is 2.63. The molecule has 2 aliphatic rings. The first kappa shape index (κ1) is 11.4. The Kier molecular flexibility index (Phi) is 3.17. The van der Waals surface area contributed by atoms with Crippen molar-refractivity contribution in [1.82, 2.24) is 0 Å². The molecule has 1 atom stereocenters. The van der Waals surface area contributed by atoms with Gasteiger partial charge in [-0.05, 0) is 50.4 Å². The molecule has 0 aromatic carbocycles. The van der Waals surface area contributed by atoms with Gasteiger partial charge in [-0.3, -0.25) is 10.2 Å². The predicted molar refractivity (Wildman–Crippen MR) is 61.0 cm³/mol. The standard InChI is InChI=1S/C12H20N2O2/c1-2-16-12(14)10(11(13)15)9(7-3-4-7)8-5-6-8/h7-10,14H,2-6H2,1H3,(H2,13,15). The van der Waals surface area contributed by atoms with Crippen molar-refractivity contribution in [3.8, 4) is 0 Å². The van der Waals surface area contributed by atoms with Crippen LogP contribution in [0.1, 0.15) is 32.6 Å². The maximum atomic E-state index is 11.5. The number of hydrogen-bond donors (Lipinski definition) is 2. The van der Waals surface area contributed by atoms with Crippen molar-refractivity contribution >= 4 is 11.8 Å². The first-order chi connectivity index (χ1) is 7.65. The zero-order chi connectivity index (χ0) is 11.7. The van der Waals surface area contributed by atoms with Crippen LogP contribution in [-0.2, 0) is 9.53 Å². The van der Waals surface area contributed by atoms with Crippen LogP contribution < -0.4 is 5.73 Å². The van der Waals surface area contributed by atoms with Crippen LogP contribution in [0, 0.1) is 29.1 Å². The number of carbonyl (C=O) groups is 1. The van der Waals surface area contributed by atoms with E-state index >= 15 is 0 Å². The van der Waals surface area contributed by atoms with Crippen molar-refractivity contribution in [1.29, 1.82) is 5.41 Å². The van der Waals surface area contributed by atoms with Gasteiger partial charge in [0.1, 0.15) is 5.92 Å². The number of carbonyl (C=O) groups excluding carboxylic acids is 1. The Morgan fingerprint density at radius 2 is 1.88 bits per heavy atom. The molecule has 3 N–H and O–H groups in total. The Labute approximate surface area is 96.0 Å². The van der Waals surface area contributed by atoms with Gasteiger partial charge in [-0.25, -0.2) is 0 Å². The molecule has 0 bridgehead atoms. The molecule has 0 aromatic rings. The van der Waals surface area contributed by atoms with E-state index in [9.17, 15) is 4.79 Å². The third kappa shape index (κ3) is 2.36. The quantitative estimate of drug-likeness (QED) is 0.530. The van der Waals surface area contributed by atoms with Crippen LogP contribution in [0.4, 0.5) is 0 Å². The van der Waals surface area contributed by atoms with Crippen LogP contribution in [0.5, 0.6) is 0 Å². The van der Waals surface area contributed by atoms with Gasteiger partial charge < -0.3 is 10.5 Å². The summed E-state index contributed by atoms with van der Waals surface area (Å²) >= 11 is 0. The van der Waals surface area contributed by atoms with E-state index in [2.05, 4.69) is 0 Å². The summed E-state index contributed by atoms with van der Waals surface area (Å²) in [5.74, 6) is 0.689. The van der Waals surface area contributed by atoms with Gasteiger partial charge in [0, 0.05) is 0 Å². The normalized spacial score (nSPS) is 21.9. The van der Waals surface area contributed by atoms with Crippen molar-refractivity contribution in [3.63, 3.8) is 0 Å². The van der Waals surface area contributed by atoms with Crippen LogP contribution >= 0.6 is 0 Å². The van der Waals surface area contributed by atoms with Crippen LogP contribution in [0.15, 0.2) is 0 Å². The molecular weight excluding hydrogens is 204 g/mol. The number of ether oxygens (including phenoxy) is 1. The summed E-state index contributed by atoms with van der Waals surface area (Å²) in [6, 6.07) is 0. The lowest BCUT2D eigenvalue weighted by Gasteiger charge is -2.24. The predicted octanol–water partition coefficient (Wildman–Crippen LogP) is 1.54. The van der Waals surface area contributed by atoms with Gasteiger partial charge in [-0.15, -0.1) is 0 Å². The Morgan fingerprint density at radius 3 is 2.19 bits per heavy atom. The molecule has 16 heavy (non-hydrogen) atoms. The average Bonchev–Trinajstić information content (AvgIpc) is 3.07. The second kappa shape index (κ2) is 4.44. The fourth-order valence-electron chi connectivity index (χ4n) is 2.63.